The fourth-order valence-corrected chi connectivity index (χ4v) is 5.20. The first-order valence-corrected chi connectivity index (χ1v) is 9.56. The van der Waals surface area contributed by atoms with Crippen LogP contribution in [0.25, 0.3) is 10.1 Å². The number of morpholine rings is 1. The fraction of sp³-hybridized carbons (Fsp3) is 0.526. The van der Waals surface area contributed by atoms with E-state index in [4.69, 9.17) is 4.74 Å². The van der Waals surface area contributed by atoms with Crippen LogP contribution in [0, 0.1) is 12.8 Å². The monoisotopic (exact) mass is 344 g/mol. The van der Waals surface area contributed by atoms with Crippen molar-refractivity contribution in [2.24, 2.45) is 5.92 Å². The molecule has 0 spiro atoms. The molecule has 0 N–H and O–H groups in total. The molecule has 1 aromatic heterocycles. The van der Waals surface area contributed by atoms with Gasteiger partial charge in [0.1, 0.15) is 0 Å². The second kappa shape index (κ2) is 6.47. The Balaban J connectivity index is 1.55. The van der Waals surface area contributed by atoms with Crippen LogP contribution in [0.1, 0.15) is 22.2 Å². The number of ether oxygens (including phenoxy) is 1. The molecule has 1 aromatic carbocycles. The summed E-state index contributed by atoms with van der Waals surface area (Å²) in [5, 5.41) is 1.21. The van der Waals surface area contributed by atoms with E-state index in [1.165, 1.54) is 10.1 Å². The summed E-state index contributed by atoms with van der Waals surface area (Å²) in [7, 11) is 0. The number of rotatable bonds is 2. The Morgan fingerprint density at radius 2 is 1.96 bits per heavy atom. The van der Waals surface area contributed by atoms with E-state index in [9.17, 15) is 4.79 Å². The maximum absolute atomic E-state index is 13.1. The number of hydrogen-bond donors (Lipinski definition) is 0. The van der Waals surface area contributed by atoms with Crippen molar-refractivity contribution >= 4 is 27.3 Å². The van der Waals surface area contributed by atoms with Crippen molar-refractivity contribution in [3.63, 3.8) is 0 Å². The third-order valence-electron chi connectivity index (χ3n) is 5.41. The molecular weight excluding hydrogens is 320 g/mol. The molecule has 0 aliphatic carbocycles. The lowest BCUT2D eigenvalue weighted by Gasteiger charge is -2.33. The molecule has 3 heterocycles. The predicted octanol–water partition coefficient (Wildman–Crippen LogP) is 3.00. The van der Waals surface area contributed by atoms with Gasteiger partial charge >= 0.3 is 0 Å². The number of thiophene rings is 1. The Morgan fingerprint density at radius 1 is 1.21 bits per heavy atom. The molecule has 2 saturated heterocycles. The van der Waals surface area contributed by atoms with Crippen molar-refractivity contribution in [1.29, 1.82) is 0 Å². The van der Waals surface area contributed by atoms with Crippen LogP contribution < -0.4 is 0 Å². The SMILES string of the molecule is Cc1c(C(=O)N2CC(C)C(N3CCOCC3)C2)sc2ccccc12. The molecule has 2 aliphatic rings. The Kier molecular flexibility index (Phi) is 4.33. The molecule has 0 radical (unpaired) electrons. The van der Waals surface area contributed by atoms with Crippen molar-refractivity contribution in [1.82, 2.24) is 9.80 Å². The summed E-state index contributed by atoms with van der Waals surface area (Å²) in [6.07, 6.45) is 0. The largest absolute Gasteiger partial charge is 0.379 e. The summed E-state index contributed by atoms with van der Waals surface area (Å²) in [5.74, 6) is 0.720. The van der Waals surface area contributed by atoms with E-state index in [2.05, 4.69) is 35.8 Å². The van der Waals surface area contributed by atoms with Crippen LogP contribution in [0.5, 0.6) is 0 Å². The van der Waals surface area contributed by atoms with Crippen LogP contribution in [0.15, 0.2) is 24.3 Å². The lowest BCUT2D eigenvalue weighted by atomic mass is 10.0. The van der Waals surface area contributed by atoms with Gasteiger partial charge in [-0.25, -0.2) is 0 Å². The molecule has 0 bridgehead atoms. The molecule has 2 fully saturated rings. The van der Waals surface area contributed by atoms with Gasteiger partial charge in [-0.2, -0.15) is 0 Å². The molecule has 128 valence electrons. The molecule has 2 atom stereocenters. The fourth-order valence-electron chi connectivity index (χ4n) is 4.02. The first-order chi connectivity index (χ1) is 11.6. The van der Waals surface area contributed by atoms with Gasteiger partial charge in [-0.15, -0.1) is 11.3 Å². The van der Waals surface area contributed by atoms with Crippen molar-refractivity contribution < 1.29 is 9.53 Å². The second-order valence-corrected chi connectivity index (χ2v) is 8.01. The molecule has 1 amide bonds. The van der Waals surface area contributed by atoms with E-state index in [1.54, 1.807) is 11.3 Å². The third kappa shape index (κ3) is 2.75. The minimum atomic E-state index is 0.205. The predicted molar refractivity (Wildman–Crippen MR) is 97.8 cm³/mol. The minimum Gasteiger partial charge on any atom is -0.379 e. The molecule has 24 heavy (non-hydrogen) atoms. The number of aryl methyl sites for hydroxylation is 1. The summed E-state index contributed by atoms with van der Waals surface area (Å²) in [4.78, 5) is 18.6. The molecule has 5 heteroatoms. The topological polar surface area (TPSA) is 32.8 Å². The number of amides is 1. The Hall–Kier alpha value is -1.43. The van der Waals surface area contributed by atoms with Gasteiger partial charge in [0, 0.05) is 36.9 Å². The summed E-state index contributed by atoms with van der Waals surface area (Å²) in [6, 6.07) is 8.77. The van der Waals surface area contributed by atoms with Crippen LogP contribution in [0.3, 0.4) is 0 Å². The lowest BCUT2D eigenvalue weighted by molar-refractivity contribution is 0.0119. The minimum absolute atomic E-state index is 0.205. The van der Waals surface area contributed by atoms with Gasteiger partial charge in [0.15, 0.2) is 0 Å². The molecule has 0 saturated carbocycles. The van der Waals surface area contributed by atoms with Gasteiger partial charge in [-0.05, 0) is 29.9 Å². The molecule has 4 rings (SSSR count). The number of fused-ring (bicyclic) bond motifs is 1. The number of carbonyl (C=O) groups excluding carboxylic acids is 1. The highest BCUT2D eigenvalue weighted by Gasteiger charge is 2.37. The van der Waals surface area contributed by atoms with E-state index >= 15 is 0 Å². The summed E-state index contributed by atoms with van der Waals surface area (Å²) < 4.78 is 6.67. The van der Waals surface area contributed by atoms with Crippen LogP contribution >= 0.6 is 11.3 Å². The highest BCUT2D eigenvalue weighted by atomic mass is 32.1. The van der Waals surface area contributed by atoms with Gasteiger partial charge in [-0.1, -0.05) is 25.1 Å². The number of hydrogen-bond acceptors (Lipinski definition) is 4. The number of carbonyl (C=O) groups is 1. The lowest BCUT2D eigenvalue weighted by Crippen LogP contribution is -2.47. The van der Waals surface area contributed by atoms with E-state index < -0.39 is 0 Å². The van der Waals surface area contributed by atoms with Crippen molar-refractivity contribution in [3.05, 3.63) is 34.7 Å². The van der Waals surface area contributed by atoms with Crippen molar-refractivity contribution in [2.45, 2.75) is 19.9 Å². The van der Waals surface area contributed by atoms with E-state index in [0.717, 1.165) is 49.8 Å². The summed E-state index contributed by atoms with van der Waals surface area (Å²) >= 11 is 1.63. The Morgan fingerprint density at radius 3 is 2.71 bits per heavy atom. The highest BCUT2D eigenvalue weighted by molar-refractivity contribution is 7.21. The van der Waals surface area contributed by atoms with Crippen LogP contribution in [0.2, 0.25) is 0 Å². The van der Waals surface area contributed by atoms with Crippen LogP contribution in [-0.2, 0) is 4.74 Å². The molecule has 4 nitrogen and oxygen atoms in total. The van der Waals surface area contributed by atoms with Gasteiger partial charge in [0.2, 0.25) is 0 Å². The van der Waals surface area contributed by atoms with Gasteiger partial charge < -0.3 is 9.64 Å². The van der Waals surface area contributed by atoms with Gasteiger partial charge in [0.05, 0.1) is 18.1 Å². The van der Waals surface area contributed by atoms with E-state index in [1.807, 2.05) is 12.1 Å². The smallest absolute Gasteiger partial charge is 0.264 e. The maximum atomic E-state index is 13.1. The zero-order chi connectivity index (χ0) is 16.7. The average molecular weight is 344 g/mol. The molecule has 2 aromatic rings. The maximum Gasteiger partial charge on any atom is 0.264 e. The standard InChI is InChI=1S/C19H24N2O2S/c1-13-11-21(12-16(13)20-7-9-23-10-8-20)19(22)18-14(2)15-5-3-4-6-17(15)24-18/h3-6,13,16H,7-12H2,1-2H3. The Bertz CT molecular complexity index is 751. The third-order valence-corrected chi connectivity index (χ3v) is 6.67. The average Bonchev–Trinajstić information content (AvgIpc) is 3.16. The molecular formula is C19H24N2O2S. The second-order valence-electron chi connectivity index (χ2n) is 6.96. The number of likely N-dealkylation sites (tertiary alicyclic amines) is 1. The quantitative estimate of drug-likeness (QED) is 0.840. The van der Waals surface area contributed by atoms with Gasteiger partial charge in [-0.3, -0.25) is 9.69 Å². The summed E-state index contributed by atoms with van der Waals surface area (Å²) in [6.45, 7) is 9.63. The zero-order valence-corrected chi connectivity index (χ0v) is 15.1. The normalized spacial score (nSPS) is 25.5. The highest BCUT2D eigenvalue weighted by Crippen LogP contribution is 2.33. The van der Waals surface area contributed by atoms with Crippen molar-refractivity contribution in [2.75, 3.05) is 39.4 Å². The first-order valence-electron chi connectivity index (χ1n) is 8.74. The number of nitrogens with zero attached hydrogens (tertiary/aromatic N) is 2. The number of benzene rings is 1. The van der Waals surface area contributed by atoms with Crippen LogP contribution in [-0.4, -0.2) is 61.1 Å². The zero-order valence-electron chi connectivity index (χ0n) is 14.3. The van der Waals surface area contributed by atoms with E-state index in [-0.39, 0.29) is 5.91 Å². The van der Waals surface area contributed by atoms with Gasteiger partial charge in [0.25, 0.3) is 5.91 Å². The molecule has 2 aliphatic heterocycles. The Labute approximate surface area is 147 Å². The van der Waals surface area contributed by atoms with Crippen molar-refractivity contribution in [3.8, 4) is 0 Å². The van der Waals surface area contributed by atoms with Crippen LogP contribution in [0.4, 0.5) is 0 Å². The first kappa shape index (κ1) is 16.1. The molecule has 2 unspecified atom stereocenters. The van der Waals surface area contributed by atoms with E-state index in [0.29, 0.717) is 12.0 Å². The summed E-state index contributed by atoms with van der Waals surface area (Å²) in [5.41, 5.74) is 1.13.